The zero-order valence-electron chi connectivity index (χ0n) is 16.5. The normalized spacial score (nSPS) is 27.2. The molecular weight excluding hydrogens is 352 g/mol. The van der Waals surface area contributed by atoms with Crippen LogP contribution < -0.4 is 9.47 Å². The number of ketones is 1. The molecule has 4 nitrogen and oxygen atoms in total. The second-order valence-corrected chi connectivity index (χ2v) is 8.76. The van der Waals surface area contributed by atoms with Gasteiger partial charge in [-0.15, -0.1) is 0 Å². The summed E-state index contributed by atoms with van der Waals surface area (Å²) in [5.41, 5.74) is 2.76. The first-order chi connectivity index (χ1) is 13.4. The molecule has 0 saturated heterocycles. The molecule has 2 heterocycles. The molecule has 1 aliphatic carbocycles. The highest BCUT2D eigenvalue weighted by Crippen LogP contribution is 2.57. The average molecular weight is 376 g/mol. The number of carbonyl (C=O) groups excluding carboxylic acids is 1. The number of para-hydroxylation sites is 1. The third kappa shape index (κ3) is 2.55. The van der Waals surface area contributed by atoms with Gasteiger partial charge in [-0.25, -0.2) is 0 Å². The number of hydrogen-bond acceptors (Lipinski definition) is 4. The topological polar surface area (TPSA) is 44.8 Å². The molecule has 0 N–H and O–H groups in total. The molecule has 2 atom stereocenters. The molecule has 2 bridgehead atoms. The molecule has 0 aromatic heterocycles. The van der Waals surface area contributed by atoms with Gasteiger partial charge in [0, 0.05) is 41.9 Å². The summed E-state index contributed by atoms with van der Waals surface area (Å²) >= 11 is 0. The first kappa shape index (κ1) is 17.4. The van der Waals surface area contributed by atoms with Gasteiger partial charge in [-0.3, -0.25) is 4.79 Å². The number of ether oxygens (including phenoxy) is 3. The second kappa shape index (κ2) is 5.87. The predicted molar refractivity (Wildman–Crippen MR) is 105 cm³/mol. The Morgan fingerprint density at radius 3 is 2.50 bits per heavy atom. The van der Waals surface area contributed by atoms with Crippen molar-refractivity contribution in [3.05, 3.63) is 71.0 Å². The maximum atomic E-state index is 13.1. The molecule has 2 aromatic rings. The summed E-state index contributed by atoms with van der Waals surface area (Å²) in [6.45, 7) is 4.24. The summed E-state index contributed by atoms with van der Waals surface area (Å²) in [4.78, 5) is 13.1. The summed E-state index contributed by atoms with van der Waals surface area (Å²) in [6, 6.07) is 15.8. The van der Waals surface area contributed by atoms with Crippen molar-refractivity contribution >= 4 is 5.78 Å². The minimum Gasteiger partial charge on any atom is -0.497 e. The Morgan fingerprint density at radius 2 is 1.75 bits per heavy atom. The standard InChI is InChI=1S/C24H24O4/c1-23(2)13-19(25)22-18-12-24(28-21(22)14-23,15-8-10-16(26-3)11-9-15)27-20-7-5-4-6-17(18)20/h4-11,18H,12-14H2,1-3H3/t18-,24-/m0/s1. The molecule has 0 unspecified atom stereocenters. The average Bonchev–Trinajstić information content (AvgIpc) is 2.66. The van der Waals surface area contributed by atoms with Crippen molar-refractivity contribution in [2.45, 2.75) is 44.8 Å². The number of hydrogen-bond donors (Lipinski definition) is 0. The number of rotatable bonds is 2. The van der Waals surface area contributed by atoms with Crippen LogP contribution in [0.3, 0.4) is 0 Å². The highest BCUT2D eigenvalue weighted by atomic mass is 16.7. The van der Waals surface area contributed by atoms with E-state index in [-0.39, 0.29) is 17.1 Å². The molecule has 0 saturated carbocycles. The monoisotopic (exact) mass is 376 g/mol. The molecule has 0 radical (unpaired) electrons. The third-order valence-electron chi connectivity index (χ3n) is 6.09. The number of Topliss-reactive ketones (excluding diaryl/α,β-unsaturated/α-hetero) is 1. The Kier molecular flexibility index (Phi) is 3.64. The summed E-state index contributed by atoms with van der Waals surface area (Å²) in [7, 11) is 1.65. The van der Waals surface area contributed by atoms with E-state index in [1.165, 1.54) is 0 Å². The van der Waals surface area contributed by atoms with E-state index in [0.29, 0.717) is 12.8 Å². The smallest absolute Gasteiger partial charge is 0.278 e. The van der Waals surface area contributed by atoms with Crippen molar-refractivity contribution in [1.29, 1.82) is 0 Å². The van der Waals surface area contributed by atoms with Gasteiger partial charge in [-0.1, -0.05) is 32.0 Å². The molecule has 0 amide bonds. The Labute approximate surface area is 165 Å². The van der Waals surface area contributed by atoms with Crippen LogP contribution in [0.15, 0.2) is 59.9 Å². The summed E-state index contributed by atoms with van der Waals surface area (Å²) < 4.78 is 18.4. The lowest BCUT2D eigenvalue weighted by Gasteiger charge is -2.49. The molecule has 144 valence electrons. The van der Waals surface area contributed by atoms with Crippen LogP contribution >= 0.6 is 0 Å². The van der Waals surface area contributed by atoms with Gasteiger partial charge in [0.2, 0.25) is 0 Å². The van der Waals surface area contributed by atoms with E-state index in [9.17, 15) is 4.79 Å². The van der Waals surface area contributed by atoms with Crippen molar-refractivity contribution in [2.24, 2.45) is 5.41 Å². The van der Waals surface area contributed by atoms with Crippen molar-refractivity contribution in [2.75, 3.05) is 7.11 Å². The quantitative estimate of drug-likeness (QED) is 0.732. The maximum Gasteiger partial charge on any atom is 0.278 e. The largest absolute Gasteiger partial charge is 0.497 e. The highest BCUT2D eigenvalue weighted by Gasteiger charge is 2.53. The van der Waals surface area contributed by atoms with Crippen molar-refractivity contribution in [3.63, 3.8) is 0 Å². The second-order valence-electron chi connectivity index (χ2n) is 8.76. The van der Waals surface area contributed by atoms with Crippen LogP contribution in [0.25, 0.3) is 0 Å². The lowest BCUT2D eigenvalue weighted by Crippen LogP contribution is -2.47. The Hall–Kier alpha value is -2.75. The SMILES string of the molecule is COc1ccc([C@]23C[C@H](C4=C(CC(C)(C)CC4=O)O2)c2ccccc2O3)cc1. The Balaban J connectivity index is 1.69. The first-order valence-electron chi connectivity index (χ1n) is 9.79. The zero-order valence-corrected chi connectivity index (χ0v) is 16.5. The molecule has 0 spiro atoms. The van der Waals surface area contributed by atoms with E-state index in [0.717, 1.165) is 40.4 Å². The number of carbonyl (C=O) groups is 1. The van der Waals surface area contributed by atoms with Crippen molar-refractivity contribution < 1.29 is 19.0 Å². The molecule has 4 heteroatoms. The van der Waals surface area contributed by atoms with Gasteiger partial charge in [-0.2, -0.15) is 0 Å². The van der Waals surface area contributed by atoms with Crippen LogP contribution in [0, 0.1) is 5.41 Å². The van der Waals surface area contributed by atoms with E-state index in [4.69, 9.17) is 14.2 Å². The minimum atomic E-state index is -0.919. The number of allylic oxidation sites excluding steroid dienone is 2. The van der Waals surface area contributed by atoms with E-state index in [2.05, 4.69) is 19.9 Å². The molecule has 0 fully saturated rings. The summed E-state index contributed by atoms with van der Waals surface area (Å²) in [6.07, 6.45) is 1.90. The van der Waals surface area contributed by atoms with Gasteiger partial charge < -0.3 is 14.2 Å². The van der Waals surface area contributed by atoms with Crippen LogP contribution in [-0.2, 0) is 15.3 Å². The first-order valence-corrected chi connectivity index (χ1v) is 9.79. The predicted octanol–water partition coefficient (Wildman–Crippen LogP) is 5.09. The number of fused-ring (bicyclic) bond motifs is 5. The Morgan fingerprint density at radius 1 is 1.00 bits per heavy atom. The minimum absolute atomic E-state index is 0.000554. The molecule has 2 aliphatic heterocycles. The third-order valence-corrected chi connectivity index (χ3v) is 6.09. The lowest BCUT2D eigenvalue weighted by atomic mass is 9.68. The van der Waals surface area contributed by atoms with Gasteiger partial charge in [-0.05, 0) is 35.7 Å². The maximum absolute atomic E-state index is 13.1. The molecule has 28 heavy (non-hydrogen) atoms. The highest BCUT2D eigenvalue weighted by molar-refractivity contribution is 5.99. The number of methoxy groups -OCH3 is 1. The fraction of sp³-hybridized carbons (Fsp3) is 0.375. The fourth-order valence-corrected chi connectivity index (χ4v) is 4.82. The fourth-order valence-electron chi connectivity index (χ4n) is 4.82. The van der Waals surface area contributed by atoms with Gasteiger partial charge in [0.15, 0.2) is 5.78 Å². The van der Waals surface area contributed by atoms with Crippen molar-refractivity contribution in [3.8, 4) is 11.5 Å². The van der Waals surface area contributed by atoms with Crippen LogP contribution in [-0.4, -0.2) is 12.9 Å². The lowest BCUT2D eigenvalue weighted by molar-refractivity contribution is -0.195. The summed E-state index contributed by atoms with van der Waals surface area (Å²) in [5.74, 6) is 1.66. The molecular formula is C24H24O4. The van der Waals surface area contributed by atoms with Gasteiger partial charge in [0.1, 0.15) is 17.3 Å². The van der Waals surface area contributed by atoms with E-state index in [1.54, 1.807) is 7.11 Å². The van der Waals surface area contributed by atoms with E-state index >= 15 is 0 Å². The summed E-state index contributed by atoms with van der Waals surface area (Å²) in [5, 5.41) is 0. The van der Waals surface area contributed by atoms with Crippen LogP contribution in [0.4, 0.5) is 0 Å². The van der Waals surface area contributed by atoms with Crippen molar-refractivity contribution in [1.82, 2.24) is 0 Å². The molecule has 2 aromatic carbocycles. The van der Waals surface area contributed by atoms with Crippen LogP contribution in [0.1, 0.15) is 50.2 Å². The molecule has 3 aliphatic rings. The van der Waals surface area contributed by atoms with E-state index in [1.807, 2.05) is 42.5 Å². The van der Waals surface area contributed by atoms with Gasteiger partial charge >= 0.3 is 0 Å². The molecule has 5 rings (SSSR count). The Bertz CT molecular complexity index is 986. The van der Waals surface area contributed by atoms with Crippen LogP contribution in [0.2, 0.25) is 0 Å². The zero-order chi connectivity index (χ0) is 19.5. The van der Waals surface area contributed by atoms with E-state index < -0.39 is 5.79 Å². The van der Waals surface area contributed by atoms with Crippen LogP contribution in [0.5, 0.6) is 11.5 Å². The number of benzene rings is 2. The van der Waals surface area contributed by atoms with Gasteiger partial charge in [0.25, 0.3) is 5.79 Å². The van der Waals surface area contributed by atoms with Gasteiger partial charge in [0.05, 0.1) is 7.11 Å².